The molecule has 2 aliphatic heterocycles. The first-order valence-electron chi connectivity index (χ1n) is 6.37. The van der Waals surface area contributed by atoms with Crippen molar-refractivity contribution in [3.8, 4) is 6.07 Å². The molecule has 2 bridgehead atoms. The molecule has 20 heavy (non-hydrogen) atoms. The highest BCUT2D eigenvalue weighted by Crippen LogP contribution is 2.39. The molecule has 7 nitrogen and oxygen atoms in total. The van der Waals surface area contributed by atoms with Gasteiger partial charge in [-0.15, -0.1) is 0 Å². The van der Waals surface area contributed by atoms with Crippen LogP contribution in [0.15, 0.2) is 0 Å². The highest BCUT2D eigenvalue weighted by atomic mass is 16.5. The van der Waals surface area contributed by atoms with Crippen molar-refractivity contribution < 1.29 is 23.9 Å². The van der Waals surface area contributed by atoms with Crippen LogP contribution >= 0.6 is 0 Å². The number of fused-ring (bicyclic) bond motifs is 2. The zero-order chi connectivity index (χ0) is 14.9. The number of hydrogen-bond acceptors (Lipinski definition) is 6. The molecule has 0 N–H and O–H groups in total. The number of esters is 1. The number of ether oxygens (including phenoxy) is 2. The minimum atomic E-state index is -0.677. The molecule has 1 amide bonds. The van der Waals surface area contributed by atoms with Crippen LogP contribution in [0.1, 0.15) is 19.3 Å². The lowest BCUT2D eigenvalue weighted by atomic mass is 9.93. The fourth-order valence-corrected chi connectivity index (χ4v) is 2.99. The van der Waals surface area contributed by atoms with Crippen LogP contribution in [0.5, 0.6) is 0 Å². The van der Waals surface area contributed by atoms with Gasteiger partial charge in [0.2, 0.25) is 5.91 Å². The zero-order valence-corrected chi connectivity index (χ0v) is 11.4. The molecular formula is C13H16N2O5. The first kappa shape index (κ1) is 14.5. The van der Waals surface area contributed by atoms with Crippen molar-refractivity contribution in [1.29, 1.82) is 5.26 Å². The Morgan fingerprint density at radius 3 is 2.70 bits per heavy atom. The Hall–Kier alpha value is -1.94. The number of nitrogens with zero attached hydrogens (tertiary/aromatic N) is 2. The molecule has 4 atom stereocenters. The van der Waals surface area contributed by atoms with Gasteiger partial charge in [-0.1, -0.05) is 0 Å². The topological polar surface area (TPSA) is 96.7 Å². The van der Waals surface area contributed by atoms with Crippen molar-refractivity contribution in [1.82, 2.24) is 4.90 Å². The van der Waals surface area contributed by atoms with Crippen LogP contribution in [0.4, 0.5) is 0 Å². The van der Waals surface area contributed by atoms with Crippen LogP contribution < -0.4 is 0 Å². The Kier molecular flexibility index (Phi) is 4.04. The number of methoxy groups -OCH3 is 1. The first-order chi connectivity index (χ1) is 9.49. The molecule has 2 heterocycles. The number of likely N-dealkylation sites (N-methyl/N-ethyl adjacent to an activating group) is 1. The number of nitriles is 1. The smallest absolute Gasteiger partial charge is 0.313 e. The summed E-state index contributed by atoms with van der Waals surface area (Å²) in [5, 5.41) is 8.60. The third-order valence-electron chi connectivity index (χ3n) is 3.90. The van der Waals surface area contributed by atoms with Crippen LogP contribution in [0.3, 0.4) is 0 Å². The number of amides is 1. The van der Waals surface area contributed by atoms with E-state index in [1.54, 1.807) is 6.07 Å². The molecule has 2 saturated heterocycles. The Balaban J connectivity index is 2.27. The number of carbonyl (C=O) groups excluding carboxylic acids is 3. The van der Waals surface area contributed by atoms with Crippen molar-refractivity contribution in [2.75, 3.05) is 14.2 Å². The van der Waals surface area contributed by atoms with Gasteiger partial charge in [0, 0.05) is 19.9 Å². The number of ketones is 1. The maximum Gasteiger partial charge on any atom is 0.313 e. The fraction of sp³-hybridized carbons (Fsp3) is 0.692. The standard InChI is InChI=1S/C13H16N2O5/c1-15(10(17)3-4-14)12-9-6-7(16)5-8(20-9)11(12)13(18)19-2/h8-9,11-12H,3,5-6H2,1-2H3/t8-,9+,11+,12+/m1/s1. The molecule has 2 fully saturated rings. The first-order valence-corrected chi connectivity index (χ1v) is 6.37. The Bertz CT molecular complexity index is 484. The Morgan fingerprint density at radius 2 is 2.10 bits per heavy atom. The van der Waals surface area contributed by atoms with Crippen LogP contribution in [0, 0.1) is 17.2 Å². The Morgan fingerprint density at radius 1 is 1.45 bits per heavy atom. The number of Topliss-reactive ketones (excluding diaryl/α,β-unsaturated/α-hetero) is 1. The van der Waals surface area contributed by atoms with Gasteiger partial charge in [0.25, 0.3) is 0 Å². The van der Waals surface area contributed by atoms with Crippen molar-refractivity contribution in [2.45, 2.75) is 37.5 Å². The quantitative estimate of drug-likeness (QED) is 0.655. The summed E-state index contributed by atoms with van der Waals surface area (Å²) in [4.78, 5) is 36.8. The van der Waals surface area contributed by atoms with E-state index in [1.165, 1.54) is 19.1 Å². The summed E-state index contributed by atoms with van der Waals surface area (Å²) in [6, 6.07) is 1.23. The van der Waals surface area contributed by atoms with Crippen LogP contribution in [0.25, 0.3) is 0 Å². The molecule has 0 radical (unpaired) electrons. The maximum absolute atomic E-state index is 11.9. The zero-order valence-electron chi connectivity index (χ0n) is 11.4. The van der Waals surface area contributed by atoms with Gasteiger partial charge in [0.05, 0.1) is 31.4 Å². The fourth-order valence-electron chi connectivity index (χ4n) is 2.99. The molecule has 2 rings (SSSR count). The highest BCUT2D eigenvalue weighted by Gasteiger charge is 2.55. The van der Waals surface area contributed by atoms with E-state index >= 15 is 0 Å². The second-order valence-electron chi connectivity index (χ2n) is 5.04. The van der Waals surface area contributed by atoms with Gasteiger partial charge in [0.1, 0.15) is 18.1 Å². The highest BCUT2D eigenvalue weighted by molar-refractivity contribution is 5.85. The predicted molar refractivity (Wildman–Crippen MR) is 65.2 cm³/mol. The van der Waals surface area contributed by atoms with Crippen LogP contribution in [-0.4, -0.2) is 55.0 Å². The third-order valence-corrected chi connectivity index (χ3v) is 3.90. The molecule has 0 spiro atoms. The largest absolute Gasteiger partial charge is 0.469 e. The molecule has 108 valence electrons. The van der Waals surface area contributed by atoms with E-state index in [0.717, 1.165) is 0 Å². The minimum absolute atomic E-state index is 0.0174. The summed E-state index contributed by atoms with van der Waals surface area (Å²) < 4.78 is 10.4. The van der Waals surface area contributed by atoms with Crippen molar-refractivity contribution in [3.63, 3.8) is 0 Å². The second kappa shape index (κ2) is 5.59. The molecule has 0 unspecified atom stereocenters. The summed E-state index contributed by atoms with van der Waals surface area (Å²) in [5.41, 5.74) is 0. The van der Waals surface area contributed by atoms with Crippen molar-refractivity contribution in [3.05, 3.63) is 0 Å². The van der Waals surface area contributed by atoms with Crippen molar-refractivity contribution in [2.24, 2.45) is 5.92 Å². The van der Waals surface area contributed by atoms with E-state index in [9.17, 15) is 14.4 Å². The minimum Gasteiger partial charge on any atom is -0.469 e. The van der Waals surface area contributed by atoms with E-state index in [0.29, 0.717) is 0 Å². The lowest BCUT2D eigenvalue weighted by Crippen LogP contribution is -2.48. The number of rotatable bonds is 3. The average molecular weight is 280 g/mol. The number of hydrogen-bond donors (Lipinski definition) is 0. The molecule has 0 aromatic heterocycles. The maximum atomic E-state index is 11.9. The van der Waals surface area contributed by atoms with Gasteiger partial charge in [-0.05, 0) is 0 Å². The van der Waals surface area contributed by atoms with Gasteiger partial charge >= 0.3 is 5.97 Å². The summed E-state index contributed by atoms with van der Waals surface area (Å²) in [5.74, 6) is -1.54. The monoisotopic (exact) mass is 280 g/mol. The van der Waals surface area contributed by atoms with Crippen LogP contribution in [0.2, 0.25) is 0 Å². The molecule has 0 aliphatic carbocycles. The van der Waals surface area contributed by atoms with Gasteiger partial charge in [-0.2, -0.15) is 5.26 Å². The van der Waals surface area contributed by atoms with Gasteiger partial charge in [0.15, 0.2) is 0 Å². The molecule has 7 heteroatoms. The third kappa shape index (κ3) is 2.39. The molecular weight excluding hydrogens is 264 g/mol. The summed E-state index contributed by atoms with van der Waals surface area (Å²) >= 11 is 0. The molecule has 0 aromatic rings. The Labute approximate surface area is 116 Å². The molecule has 0 aromatic carbocycles. The van der Waals surface area contributed by atoms with Gasteiger partial charge in [-0.25, -0.2) is 0 Å². The van der Waals surface area contributed by atoms with E-state index in [4.69, 9.17) is 14.7 Å². The second-order valence-corrected chi connectivity index (χ2v) is 5.04. The van der Waals surface area contributed by atoms with E-state index < -0.39 is 36.0 Å². The van der Waals surface area contributed by atoms with Gasteiger partial charge < -0.3 is 14.4 Å². The van der Waals surface area contributed by atoms with E-state index in [-0.39, 0.29) is 25.0 Å². The lowest BCUT2D eigenvalue weighted by molar-refractivity contribution is -0.149. The predicted octanol–water partition coefficient (Wildman–Crippen LogP) is -0.353. The number of carbonyl (C=O) groups is 3. The summed E-state index contributed by atoms with van der Waals surface area (Å²) in [6.45, 7) is 0. The van der Waals surface area contributed by atoms with E-state index in [2.05, 4.69) is 0 Å². The SMILES string of the molecule is COC(=O)[C@@H]1[C@@H](N(C)C(=O)CC#N)[C@@H]2CC(=O)C[C@H]1O2. The molecule has 0 saturated carbocycles. The summed E-state index contributed by atoms with van der Waals surface area (Å²) in [7, 11) is 2.79. The van der Waals surface area contributed by atoms with Crippen molar-refractivity contribution >= 4 is 17.7 Å². The van der Waals surface area contributed by atoms with Crippen LogP contribution in [-0.2, 0) is 23.9 Å². The lowest BCUT2D eigenvalue weighted by Gasteiger charge is -2.30. The molecule has 2 aliphatic rings. The summed E-state index contributed by atoms with van der Waals surface area (Å²) in [6.07, 6.45) is -0.980. The van der Waals surface area contributed by atoms with Gasteiger partial charge in [-0.3, -0.25) is 14.4 Å². The van der Waals surface area contributed by atoms with E-state index in [1.807, 2.05) is 0 Å². The average Bonchev–Trinajstić information content (AvgIpc) is 2.68. The normalized spacial score (nSPS) is 31.6.